The van der Waals surface area contributed by atoms with Gasteiger partial charge in [0.25, 0.3) is 0 Å². The molecule has 0 aromatic heterocycles. The molecule has 0 aliphatic heterocycles. The van der Waals surface area contributed by atoms with Crippen molar-refractivity contribution in [2.75, 3.05) is 13.3 Å². The fourth-order valence-electron chi connectivity index (χ4n) is 3.25. The van der Waals surface area contributed by atoms with Gasteiger partial charge in [-0.25, -0.2) is 12.8 Å². The van der Waals surface area contributed by atoms with Gasteiger partial charge in [0.05, 0.1) is 5.25 Å². The maximum Gasteiger partial charge on any atom is 0.150 e. The maximum absolute atomic E-state index is 13.4. The third-order valence-electron chi connectivity index (χ3n) is 4.26. The highest BCUT2D eigenvalue weighted by molar-refractivity contribution is 7.91. The fourth-order valence-corrected chi connectivity index (χ4v) is 4.44. The number of sulfone groups is 1. The number of hydrogen-bond donors (Lipinski definition) is 1. The van der Waals surface area contributed by atoms with Gasteiger partial charge in [-0.05, 0) is 49.9 Å². The molecule has 0 heterocycles. The van der Waals surface area contributed by atoms with E-state index in [1.54, 1.807) is 6.07 Å². The van der Waals surface area contributed by atoms with Crippen LogP contribution in [0.2, 0.25) is 0 Å². The minimum Gasteiger partial charge on any atom is -0.313 e. The predicted octanol–water partition coefficient (Wildman–Crippen LogP) is 2.69. The van der Waals surface area contributed by atoms with Crippen molar-refractivity contribution in [3.63, 3.8) is 0 Å². The molecule has 2 rings (SSSR count). The van der Waals surface area contributed by atoms with Crippen molar-refractivity contribution >= 4 is 9.84 Å². The van der Waals surface area contributed by atoms with Gasteiger partial charge in [-0.2, -0.15) is 0 Å². The van der Waals surface area contributed by atoms with Crippen molar-refractivity contribution in [2.45, 2.75) is 37.0 Å². The number of benzene rings is 1. The largest absolute Gasteiger partial charge is 0.313 e. The summed E-state index contributed by atoms with van der Waals surface area (Å²) in [5.74, 6) is -0.0199. The van der Waals surface area contributed by atoms with Crippen molar-refractivity contribution in [3.05, 3.63) is 35.6 Å². The molecule has 0 amide bonds. The third kappa shape index (κ3) is 3.58. The van der Waals surface area contributed by atoms with Crippen LogP contribution in [0.25, 0.3) is 0 Å². The monoisotopic (exact) mass is 299 g/mol. The Morgan fingerprint density at radius 1 is 1.35 bits per heavy atom. The third-order valence-corrected chi connectivity index (χ3v) is 5.90. The van der Waals surface area contributed by atoms with Crippen LogP contribution in [0.3, 0.4) is 0 Å². The molecule has 1 saturated carbocycles. The van der Waals surface area contributed by atoms with E-state index in [1.165, 1.54) is 18.4 Å². The molecule has 0 spiro atoms. The summed E-state index contributed by atoms with van der Waals surface area (Å²) in [6, 6.07) is 6.57. The lowest BCUT2D eigenvalue weighted by molar-refractivity contribution is 0.282. The van der Waals surface area contributed by atoms with Crippen LogP contribution in [0, 0.1) is 11.7 Å². The van der Waals surface area contributed by atoms with Crippen molar-refractivity contribution in [2.24, 2.45) is 5.92 Å². The lowest BCUT2D eigenvalue weighted by Crippen LogP contribution is -2.34. The highest BCUT2D eigenvalue weighted by Crippen LogP contribution is 2.36. The highest BCUT2D eigenvalue weighted by Gasteiger charge is 2.33. The van der Waals surface area contributed by atoms with Crippen LogP contribution in [0.15, 0.2) is 24.3 Å². The van der Waals surface area contributed by atoms with Gasteiger partial charge in [0.2, 0.25) is 0 Å². The van der Waals surface area contributed by atoms with Gasteiger partial charge in [-0.1, -0.05) is 18.6 Å². The molecule has 3 nitrogen and oxygen atoms in total. The van der Waals surface area contributed by atoms with Crippen LogP contribution in [0.1, 0.15) is 37.3 Å². The summed E-state index contributed by atoms with van der Waals surface area (Å²) in [6.07, 6.45) is 4.61. The van der Waals surface area contributed by atoms with E-state index in [1.807, 2.05) is 13.1 Å². The van der Waals surface area contributed by atoms with E-state index in [0.717, 1.165) is 24.8 Å². The Hall–Kier alpha value is -0.940. The molecule has 1 fully saturated rings. The first-order valence-corrected chi connectivity index (χ1v) is 8.99. The summed E-state index contributed by atoms with van der Waals surface area (Å²) < 4.78 is 36.9. The molecular formula is C15H22FNO2S. The molecule has 1 N–H and O–H groups in total. The summed E-state index contributed by atoms with van der Waals surface area (Å²) >= 11 is 0. The van der Waals surface area contributed by atoms with Gasteiger partial charge in [-0.3, -0.25) is 0 Å². The van der Waals surface area contributed by atoms with Gasteiger partial charge in [0, 0.05) is 12.3 Å². The SMILES string of the molecule is CNC(c1cccc(F)c1)C1CCCC(S(C)(=O)=O)C1. The van der Waals surface area contributed by atoms with Crippen LogP contribution in [0.5, 0.6) is 0 Å². The molecule has 0 saturated heterocycles. The van der Waals surface area contributed by atoms with Gasteiger partial charge in [-0.15, -0.1) is 0 Å². The zero-order valence-corrected chi connectivity index (χ0v) is 12.8. The standard InChI is InChI=1S/C15H22FNO2S/c1-17-15(11-5-3-7-13(16)9-11)12-6-4-8-14(10-12)20(2,18)19/h3,5,7,9,12,14-15,17H,4,6,8,10H2,1-2H3. The normalized spacial score (nSPS) is 25.4. The van der Waals surface area contributed by atoms with Crippen LogP contribution in [-0.2, 0) is 9.84 Å². The van der Waals surface area contributed by atoms with Gasteiger partial charge in [0.1, 0.15) is 15.7 Å². The quantitative estimate of drug-likeness (QED) is 0.930. The molecule has 0 radical (unpaired) electrons. The Balaban J connectivity index is 2.19. The molecule has 1 aromatic carbocycles. The molecule has 1 aromatic rings. The number of halogens is 1. The molecule has 3 atom stereocenters. The van der Waals surface area contributed by atoms with Crippen molar-refractivity contribution < 1.29 is 12.8 Å². The smallest absolute Gasteiger partial charge is 0.150 e. The Labute approximate surface area is 120 Å². The van der Waals surface area contributed by atoms with Crippen LogP contribution < -0.4 is 5.32 Å². The Morgan fingerprint density at radius 3 is 2.70 bits per heavy atom. The molecule has 1 aliphatic rings. The summed E-state index contributed by atoms with van der Waals surface area (Å²) in [7, 11) is -1.15. The van der Waals surface area contributed by atoms with E-state index in [-0.39, 0.29) is 23.0 Å². The predicted molar refractivity (Wildman–Crippen MR) is 78.8 cm³/mol. The molecule has 112 valence electrons. The Morgan fingerprint density at radius 2 is 2.10 bits per heavy atom. The fraction of sp³-hybridized carbons (Fsp3) is 0.600. The topological polar surface area (TPSA) is 46.2 Å². The summed E-state index contributed by atoms with van der Waals surface area (Å²) in [6.45, 7) is 0. The molecule has 1 aliphatic carbocycles. The van der Waals surface area contributed by atoms with Crippen LogP contribution >= 0.6 is 0 Å². The number of rotatable bonds is 4. The summed E-state index contributed by atoms with van der Waals surface area (Å²) in [4.78, 5) is 0. The maximum atomic E-state index is 13.4. The molecule has 5 heteroatoms. The zero-order valence-electron chi connectivity index (χ0n) is 12.0. The van der Waals surface area contributed by atoms with Gasteiger partial charge in [0.15, 0.2) is 0 Å². The second kappa shape index (κ2) is 6.22. The first-order valence-electron chi connectivity index (χ1n) is 7.03. The van der Waals surface area contributed by atoms with Crippen LogP contribution in [0.4, 0.5) is 4.39 Å². The Bertz CT molecular complexity index is 559. The van der Waals surface area contributed by atoms with E-state index in [9.17, 15) is 12.8 Å². The van der Waals surface area contributed by atoms with E-state index < -0.39 is 9.84 Å². The molecular weight excluding hydrogens is 277 g/mol. The van der Waals surface area contributed by atoms with Crippen molar-refractivity contribution in [1.29, 1.82) is 0 Å². The lowest BCUT2D eigenvalue weighted by atomic mass is 9.81. The van der Waals surface area contributed by atoms with Crippen LogP contribution in [-0.4, -0.2) is 27.0 Å². The van der Waals surface area contributed by atoms with Crippen molar-refractivity contribution in [1.82, 2.24) is 5.32 Å². The Kier molecular flexibility index (Phi) is 4.81. The first-order chi connectivity index (χ1) is 9.41. The average Bonchev–Trinajstić information content (AvgIpc) is 2.39. The average molecular weight is 299 g/mol. The second-order valence-electron chi connectivity index (χ2n) is 5.70. The van der Waals surface area contributed by atoms with Gasteiger partial charge >= 0.3 is 0 Å². The van der Waals surface area contributed by atoms with E-state index in [2.05, 4.69) is 5.32 Å². The second-order valence-corrected chi connectivity index (χ2v) is 8.03. The highest BCUT2D eigenvalue weighted by atomic mass is 32.2. The summed E-state index contributed by atoms with van der Waals surface area (Å²) in [5.41, 5.74) is 0.895. The zero-order chi connectivity index (χ0) is 14.8. The van der Waals surface area contributed by atoms with Crippen molar-refractivity contribution in [3.8, 4) is 0 Å². The minimum absolute atomic E-state index is 0.00949. The number of nitrogens with one attached hydrogen (secondary N) is 1. The number of hydrogen-bond acceptors (Lipinski definition) is 3. The molecule has 3 unspecified atom stereocenters. The molecule has 0 bridgehead atoms. The van der Waals surface area contributed by atoms with Gasteiger partial charge < -0.3 is 5.32 Å². The van der Waals surface area contributed by atoms with E-state index >= 15 is 0 Å². The minimum atomic E-state index is -2.99. The summed E-state index contributed by atoms with van der Waals surface area (Å²) in [5, 5.41) is 2.97. The van der Waals surface area contributed by atoms with E-state index in [4.69, 9.17) is 0 Å². The van der Waals surface area contributed by atoms with E-state index in [0.29, 0.717) is 6.42 Å². The first kappa shape index (κ1) is 15.4. The lowest BCUT2D eigenvalue weighted by Gasteiger charge is -2.34. The molecule has 20 heavy (non-hydrogen) atoms.